The van der Waals surface area contributed by atoms with E-state index in [0.717, 1.165) is 47.0 Å². The van der Waals surface area contributed by atoms with Crippen molar-refractivity contribution in [1.29, 1.82) is 0 Å². The van der Waals surface area contributed by atoms with Gasteiger partial charge in [-0.1, -0.05) is 42.5 Å². The highest BCUT2D eigenvalue weighted by atomic mass is 32.2. The van der Waals surface area contributed by atoms with Crippen molar-refractivity contribution < 1.29 is 14.5 Å². The number of hydrogen-bond donors (Lipinski definition) is 2. The lowest BCUT2D eigenvalue weighted by atomic mass is 10.0. The number of benzene rings is 2. The fraction of sp³-hybridized carbons (Fsp3) is 0.364. The van der Waals surface area contributed by atoms with Crippen molar-refractivity contribution in [2.45, 2.75) is 23.8 Å². The van der Waals surface area contributed by atoms with Crippen LogP contribution in [-0.2, 0) is 9.59 Å². The van der Waals surface area contributed by atoms with Gasteiger partial charge >= 0.3 is 0 Å². The van der Waals surface area contributed by atoms with E-state index >= 15 is 0 Å². The highest BCUT2D eigenvalue weighted by molar-refractivity contribution is 7.98. The fourth-order valence-electron chi connectivity index (χ4n) is 3.70. The molecule has 1 aliphatic heterocycles. The van der Waals surface area contributed by atoms with Gasteiger partial charge < -0.3 is 15.1 Å². The number of nitrogens with zero attached hydrogens (tertiary/aromatic N) is 1. The lowest BCUT2D eigenvalue weighted by Gasteiger charge is -2.28. The SMILES string of the molecule is CSc1ccccc1NC(=O)C[NH+](C)[C@@H](C(=O)N1CCCC1)c1ccccc1. The third-order valence-electron chi connectivity index (χ3n) is 5.11. The summed E-state index contributed by atoms with van der Waals surface area (Å²) in [5.41, 5.74) is 1.77. The second-order valence-electron chi connectivity index (χ2n) is 7.15. The maximum Gasteiger partial charge on any atom is 0.285 e. The van der Waals surface area contributed by atoms with Crippen LogP contribution in [0.3, 0.4) is 0 Å². The molecule has 0 aromatic heterocycles. The molecule has 5 nitrogen and oxygen atoms in total. The molecule has 1 unspecified atom stereocenters. The van der Waals surface area contributed by atoms with Gasteiger partial charge in [0.15, 0.2) is 12.6 Å². The fourth-order valence-corrected chi connectivity index (χ4v) is 4.25. The number of amides is 2. The maximum atomic E-state index is 13.2. The van der Waals surface area contributed by atoms with Crippen molar-refractivity contribution >= 4 is 29.3 Å². The number of rotatable bonds is 7. The first-order valence-electron chi connectivity index (χ1n) is 9.69. The predicted molar refractivity (Wildman–Crippen MR) is 114 cm³/mol. The van der Waals surface area contributed by atoms with Gasteiger partial charge in [-0.05, 0) is 31.2 Å². The molecule has 1 aliphatic rings. The molecule has 0 aliphatic carbocycles. The topological polar surface area (TPSA) is 53.9 Å². The van der Waals surface area contributed by atoms with E-state index in [4.69, 9.17) is 0 Å². The molecule has 0 radical (unpaired) electrons. The smallest absolute Gasteiger partial charge is 0.285 e. The van der Waals surface area contributed by atoms with E-state index in [1.807, 2.05) is 72.8 Å². The number of para-hydroxylation sites is 1. The van der Waals surface area contributed by atoms with Gasteiger partial charge in [0, 0.05) is 23.5 Å². The molecule has 2 atom stereocenters. The molecule has 1 fully saturated rings. The van der Waals surface area contributed by atoms with Gasteiger partial charge in [0.05, 0.1) is 12.7 Å². The number of hydrogen-bond acceptors (Lipinski definition) is 3. The molecule has 2 aromatic carbocycles. The van der Waals surface area contributed by atoms with Crippen LogP contribution in [0.4, 0.5) is 5.69 Å². The molecular formula is C22H28N3O2S+. The molecule has 2 N–H and O–H groups in total. The average molecular weight is 399 g/mol. The zero-order valence-corrected chi connectivity index (χ0v) is 17.3. The Balaban J connectivity index is 1.74. The summed E-state index contributed by atoms with van der Waals surface area (Å²) in [4.78, 5) is 29.7. The largest absolute Gasteiger partial charge is 0.337 e. The van der Waals surface area contributed by atoms with E-state index in [-0.39, 0.29) is 24.4 Å². The third kappa shape index (κ3) is 4.94. The van der Waals surface area contributed by atoms with Crippen LogP contribution in [0.15, 0.2) is 59.5 Å². The standard InChI is InChI=1S/C22H27N3O2S/c1-24(16-20(26)23-18-12-6-7-13-19(18)28-2)21(17-10-4-3-5-11-17)22(27)25-14-8-9-15-25/h3-7,10-13,21H,8-9,14-16H2,1-2H3,(H,23,26)/p+1/t21-/m1/s1. The number of carbonyl (C=O) groups excluding carboxylic acids is 2. The van der Waals surface area contributed by atoms with Crippen LogP contribution in [0.25, 0.3) is 0 Å². The summed E-state index contributed by atoms with van der Waals surface area (Å²) in [7, 11) is 1.92. The van der Waals surface area contributed by atoms with Gasteiger partial charge in [0.25, 0.3) is 11.8 Å². The summed E-state index contributed by atoms with van der Waals surface area (Å²) >= 11 is 1.60. The Hall–Kier alpha value is -2.31. The van der Waals surface area contributed by atoms with Crippen molar-refractivity contribution in [3.8, 4) is 0 Å². The molecule has 0 saturated carbocycles. The Morgan fingerprint density at radius 2 is 1.71 bits per heavy atom. The summed E-state index contributed by atoms with van der Waals surface area (Å²) < 4.78 is 0. The van der Waals surface area contributed by atoms with Crippen LogP contribution in [0.5, 0.6) is 0 Å². The van der Waals surface area contributed by atoms with E-state index in [2.05, 4.69) is 5.32 Å². The molecule has 2 amide bonds. The van der Waals surface area contributed by atoms with Gasteiger partial charge in [-0.25, -0.2) is 0 Å². The molecule has 2 aromatic rings. The molecule has 0 bridgehead atoms. The quantitative estimate of drug-likeness (QED) is 0.704. The molecule has 1 saturated heterocycles. The molecule has 1 heterocycles. The predicted octanol–water partition coefficient (Wildman–Crippen LogP) is 2.23. The third-order valence-corrected chi connectivity index (χ3v) is 5.91. The molecule has 3 rings (SSSR count). The van der Waals surface area contributed by atoms with Gasteiger partial charge in [0.2, 0.25) is 0 Å². The summed E-state index contributed by atoms with van der Waals surface area (Å²) in [5.74, 6) is 0.0210. The number of likely N-dealkylation sites (tertiary alicyclic amines) is 1. The van der Waals surface area contributed by atoms with Gasteiger partial charge in [-0.3, -0.25) is 9.59 Å². The Morgan fingerprint density at radius 1 is 1.07 bits per heavy atom. The van der Waals surface area contributed by atoms with E-state index in [1.54, 1.807) is 11.8 Å². The van der Waals surface area contributed by atoms with Crippen molar-refractivity contribution in [3.63, 3.8) is 0 Å². The van der Waals surface area contributed by atoms with E-state index < -0.39 is 0 Å². The first kappa shape index (κ1) is 20.4. The second-order valence-corrected chi connectivity index (χ2v) is 8.00. The normalized spacial score (nSPS) is 15.9. The Kier molecular flexibility index (Phi) is 7.12. The number of quaternary nitrogens is 1. The number of thioether (sulfide) groups is 1. The van der Waals surface area contributed by atoms with Crippen LogP contribution in [-0.4, -0.2) is 49.7 Å². The van der Waals surface area contributed by atoms with E-state index in [0.29, 0.717) is 0 Å². The van der Waals surface area contributed by atoms with Crippen LogP contribution < -0.4 is 10.2 Å². The Morgan fingerprint density at radius 3 is 2.39 bits per heavy atom. The zero-order chi connectivity index (χ0) is 19.9. The number of nitrogens with one attached hydrogen (secondary N) is 2. The molecule has 0 spiro atoms. The van der Waals surface area contributed by atoms with Crippen molar-refractivity contribution in [2.75, 3.05) is 38.3 Å². The molecule has 148 valence electrons. The molecular weight excluding hydrogens is 370 g/mol. The van der Waals surface area contributed by atoms with Gasteiger partial charge in [-0.15, -0.1) is 11.8 Å². The number of likely N-dealkylation sites (N-methyl/N-ethyl adjacent to an activating group) is 1. The highest BCUT2D eigenvalue weighted by Gasteiger charge is 2.34. The minimum atomic E-state index is -0.374. The maximum absolute atomic E-state index is 13.2. The van der Waals surface area contributed by atoms with Crippen molar-refractivity contribution in [3.05, 3.63) is 60.2 Å². The minimum Gasteiger partial charge on any atom is -0.337 e. The summed E-state index contributed by atoms with van der Waals surface area (Å²) in [6, 6.07) is 17.2. The van der Waals surface area contributed by atoms with Gasteiger partial charge in [0.1, 0.15) is 0 Å². The zero-order valence-electron chi connectivity index (χ0n) is 16.5. The Bertz CT molecular complexity index is 806. The van der Waals surface area contributed by atoms with Crippen molar-refractivity contribution in [2.24, 2.45) is 0 Å². The summed E-state index contributed by atoms with van der Waals surface area (Å²) in [6.45, 7) is 1.84. The van der Waals surface area contributed by atoms with E-state index in [9.17, 15) is 9.59 Å². The van der Waals surface area contributed by atoms with Crippen LogP contribution >= 0.6 is 11.8 Å². The first-order chi connectivity index (χ1) is 13.6. The highest BCUT2D eigenvalue weighted by Crippen LogP contribution is 2.24. The van der Waals surface area contributed by atoms with Gasteiger partial charge in [-0.2, -0.15) is 0 Å². The Labute approximate surface area is 171 Å². The minimum absolute atomic E-state index is 0.0887. The first-order valence-corrected chi connectivity index (χ1v) is 10.9. The summed E-state index contributed by atoms with van der Waals surface area (Å²) in [5, 5.41) is 3.00. The number of carbonyl (C=O) groups is 2. The lowest BCUT2D eigenvalue weighted by molar-refractivity contribution is -0.894. The molecule has 6 heteroatoms. The van der Waals surface area contributed by atoms with Crippen LogP contribution in [0.2, 0.25) is 0 Å². The lowest BCUT2D eigenvalue weighted by Crippen LogP contribution is -3.11. The van der Waals surface area contributed by atoms with Crippen LogP contribution in [0, 0.1) is 0 Å². The van der Waals surface area contributed by atoms with Crippen molar-refractivity contribution in [1.82, 2.24) is 4.90 Å². The van der Waals surface area contributed by atoms with Crippen LogP contribution in [0.1, 0.15) is 24.4 Å². The monoisotopic (exact) mass is 398 g/mol. The van der Waals surface area contributed by atoms with E-state index in [1.165, 1.54) is 0 Å². The molecule has 28 heavy (non-hydrogen) atoms. The average Bonchev–Trinajstić information content (AvgIpc) is 3.24. The second kappa shape index (κ2) is 9.75. The summed E-state index contributed by atoms with van der Waals surface area (Å²) in [6.07, 6.45) is 4.10. The number of anilines is 1.